The molecule has 0 N–H and O–H groups in total. The minimum absolute atomic E-state index is 0.921. The van der Waals surface area contributed by atoms with E-state index >= 15 is 0 Å². The van der Waals surface area contributed by atoms with Gasteiger partial charge in [0.05, 0.1) is 84.0 Å². The summed E-state index contributed by atoms with van der Waals surface area (Å²) in [5.41, 5.74) is 28.8. The maximum Gasteiger partial charge on any atom is 0.0972 e. The molecule has 0 amide bonds. The van der Waals surface area contributed by atoms with Crippen LogP contribution >= 0.6 is 0 Å². The molecule has 0 aliphatic rings. The normalized spacial score (nSPS) is 11.5. The van der Waals surface area contributed by atoms with Crippen molar-refractivity contribution < 1.29 is 0 Å². The Morgan fingerprint density at radius 1 is 0.143 bits per heavy atom. The zero-order valence-electron chi connectivity index (χ0n) is 67.9. The van der Waals surface area contributed by atoms with E-state index in [1.807, 2.05) is 48.7 Å². The van der Waals surface area contributed by atoms with Crippen LogP contribution in [-0.4, -0.2) is 54.8 Å². The Bertz CT molecular complexity index is 8400. The van der Waals surface area contributed by atoms with Crippen molar-refractivity contribution in [1.29, 1.82) is 0 Å². The maximum atomic E-state index is 5.11. The number of rotatable bonds is 10. The van der Waals surface area contributed by atoms with Crippen molar-refractivity contribution in [2.24, 2.45) is 0 Å². The highest BCUT2D eigenvalue weighted by molar-refractivity contribution is 6.16. The van der Waals surface area contributed by atoms with Gasteiger partial charge in [0.25, 0.3) is 0 Å². The summed E-state index contributed by atoms with van der Waals surface area (Å²) < 4.78 is 0. The summed E-state index contributed by atoms with van der Waals surface area (Å²) >= 11 is 0. The first-order valence-corrected chi connectivity index (χ1v) is 42.1. The Labute approximate surface area is 724 Å². The average molecular weight is 1610 g/mol. The van der Waals surface area contributed by atoms with Crippen LogP contribution in [0.15, 0.2) is 432 Å². The molecule has 11 aromatic heterocycles. The Hall–Kier alpha value is -17.2. The van der Waals surface area contributed by atoms with Gasteiger partial charge in [0, 0.05) is 125 Å². The summed E-state index contributed by atoms with van der Waals surface area (Å²) in [6, 6.07) is 136. The Balaban J connectivity index is 0.000000109. The molecule has 11 heteroatoms. The quantitative estimate of drug-likeness (QED) is 0.121. The van der Waals surface area contributed by atoms with Gasteiger partial charge in [0.1, 0.15) is 0 Å². The van der Waals surface area contributed by atoms with Crippen LogP contribution in [0.4, 0.5) is 0 Å². The van der Waals surface area contributed by atoms with Gasteiger partial charge in [0.2, 0.25) is 0 Å². The fraction of sp³-hybridized carbons (Fsp3) is 0. The van der Waals surface area contributed by atoms with Gasteiger partial charge in [-0.1, -0.05) is 243 Å². The van der Waals surface area contributed by atoms with E-state index in [0.29, 0.717) is 0 Å². The third kappa shape index (κ3) is 14.2. The average Bonchev–Trinajstić information content (AvgIpc) is 0.764. The molecular weight excluding hydrogens is 1540 g/mol. The first kappa shape index (κ1) is 73.9. The lowest BCUT2D eigenvalue weighted by Gasteiger charge is -2.12. The van der Waals surface area contributed by atoms with E-state index in [0.717, 1.165) is 199 Å². The number of aromatic nitrogens is 11. The smallest absolute Gasteiger partial charge is 0.0972 e. The van der Waals surface area contributed by atoms with E-state index in [-0.39, 0.29) is 0 Å². The third-order valence-corrected chi connectivity index (χ3v) is 24.1. The van der Waals surface area contributed by atoms with Crippen LogP contribution in [0.1, 0.15) is 0 Å². The Kier molecular flexibility index (Phi) is 18.6. The molecule has 11 heterocycles. The largest absolute Gasteiger partial charge is 0.265 e. The van der Waals surface area contributed by atoms with Gasteiger partial charge in [-0.2, -0.15) is 0 Å². The van der Waals surface area contributed by atoms with E-state index < -0.39 is 0 Å². The first-order chi connectivity index (χ1) is 62.3. The van der Waals surface area contributed by atoms with Crippen molar-refractivity contribution in [2.45, 2.75) is 0 Å². The Morgan fingerprint density at radius 2 is 0.468 bits per heavy atom. The molecule has 0 aliphatic carbocycles. The summed E-state index contributed by atoms with van der Waals surface area (Å²) in [4.78, 5) is 52.1. The van der Waals surface area contributed by atoms with Gasteiger partial charge >= 0.3 is 0 Å². The number of hydrogen-bond acceptors (Lipinski definition) is 11. The number of hydrogen-bond donors (Lipinski definition) is 0. The van der Waals surface area contributed by atoms with Crippen molar-refractivity contribution in [3.05, 3.63) is 432 Å². The van der Waals surface area contributed by atoms with Gasteiger partial charge < -0.3 is 0 Å². The monoisotopic (exact) mass is 1610 g/mol. The van der Waals surface area contributed by atoms with E-state index in [2.05, 4.69) is 366 Å². The van der Waals surface area contributed by atoms with Crippen LogP contribution in [0.5, 0.6) is 0 Å². The predicted molar refractivity (Wildman–Crippen MR) is 520 cm³/mol. The summed E-state index contributed by atoms with van der Waals surface area (Å²) in [5, 5.41) is 18.8. The summed E-state index contributed by atoms with van der Waals surface area (Å²) in [5.74, 6) is 0. The van der Waals surface area contributed by atoms with Crippen LogP contribution in [0.25, 0.3) is 242 Å². The van der Waals surface area contributed by atoms with Crippen LogP contribution in [-0.2, 0) is 0 Å². The van der Waals surface area contributed by atoms with Gasteiger partial charge in [-0.25, -0.2) is 34.9 Å². The van der Waals surface area contributed by atoms with Crippen LogP contribution in [0.2, 0.25) is 0 Å². The SMILES string of the molecule is c1ccc2c(c1)cc(-c1ccc3cc(-c4ccc5ccc(-c6ccncc6)nc5c4)ccc3n1)c1ccccc12.c1ccc2c(c1)ccc1cccc(-c3ccc4cc(-c5ccc6ccc(-c7ccncc7)nc6c5)ccc4n3)c12.c1cnc2c(c1)ccc1ccc(-c3ccc(-c4ccc5cc(-c6ccc7ccc(-c8ccncc8)nc7c6)ccc5n4)cc3)nc12. The van der Waals surface area contributed by atoms with Gasteiger partial charge in [-0.15, -0.1) is 0 Å². The van der Waals surface area contributed by atoms with Crippen LogP contribution in [0.3, 0.4) is 0 Å². The van der Waals surface area contributed by atoms with Crippen molar-refractivity contribution in [3.8, 4) is 112 Å². The molecule has 0 fully saturated rings. The van der Waals surface area contributed by atoms with Gasteiger partial charge in [-0.3, -0.25) is 19.9 Å². The molecule has 14 aromatic carbocycles. The van der Waals surface area contributed by atoms with E-state index in [1.165, 1.54) is 43.1 Å². The maximum absolute atomic E-state index is 5.11. The molecule has 586 valence electrons. The second-order valence-electron chi connectivity index (χ2n) is 31.7. The lowest BCUT2D eigenvalue weighted by molar-refractivity contribution is 1.31. The third-order valence-electron chi connectivity index (χ3n) is 24.1. The topological polar surface area (TPSA) is 142 Å². The standard InChI is InChI=1S/C41H25N5.2C37H23N3/c1-2-30-8-9-31-12-16-37(46-41(31)40(30)43-21-1)27-5-3-26(4-6-27)35-18-14-34-24-32(13-17-38(34)44-35)33-10-7-28-11-15-36(45-39(28)25-33)29-19-22-42-23-20-29;1-2-6-30-28(5-1)22-33(32-8-4-3-7-31(30)32)36-16-13-29-21-26(12-15-35(29)39-36)27-10-9-24-11-14-34(40-37(24)23-27)25-17-19-38-20-18-25;1-2-6-31-24(4-1)8-10-27-5-3-7-32(37(27)31)35-17-14-30-22-28(13-16-34(30)39-35)29-11-9-25-12-15-33(40-36(25)23-29)26-18-20-38-21-19-26/h1-25H;2*1-23H. The number of pyridine rings is 11. The lowest BCUT2D eigenvalue weighted by Crippen LogP contribution is -1.90. The Morgan fingerprint density at radius 3 is 0.976 bits per heavy atom. The fourth-order valence-corrected chi connectivity index (χ4v) is 17.6. The van der Waals surface area contributed by atoms with Crippen LogP contribution in [0, 0.1) is 0 Å². The number of nitrogens with zero attached hydrogens (tertiary/aromatic N) is 11. The molecule has 25 rings (SSSR count). The molecule has 0 spiro atoms. The highest BCUT2D eigenvalue weighted by Gasteiger charge is 2.17. The molecule has 25 aromatic rings. The molecule has 126 heavy (non-hydrogen) atoms. The molecule has 0 bridgehead atoms. The highest BCUT2D eigenvalue weighted by atomic mass is 14.8. The molecule has 11 nitrogen and oxygen atoms in total. The minimum Gasteiger partial charge on any atom is -0.265 e. The zero-order chi connectivity index (χ0) is 83.4. The summed E-state index contributed by atoms with van der Waals surface area (Å²) in [7, 11) is 0. The number of benzene rings is 14. The van der Waals surface area contributed by atoms with Crippen molar-refractivity contribution >= 4 is 130 Å². The number of fused-ring (bicyclic) bond motifs is 15. The molecule has 0 saturated heterocycles. The van der Waals surface area contributed by atoms with E-state index in [9.17, 15) is 0 Å². The van der Waals surface area contributed by atoms with Crippen molar-refractivity contribution in [3.63, 3.8) is 0 Å². The zero-order valence-corrected chi connectivity index (χ0v) is 67.9. The van der Waals surface area contributed by atoms with Crippen LogP contribution < -0.4 is 0 Å². The van der Waals surface area contributed by atoms with E-state index in [4.69, 9.17) is 34.9 Å². The minimum atomic E-state index is 0.921. The molecule has 0 radical (unpaired) electrons. The summed E-state index contributed by atoms with van der Waals surface area (Å²) in [6.45, 7) is 0. The predicted octanol–water partition coefficient (Wildman–Crippen LogP) is 28.9. The fourth-order valence-electron chi connectivity index (χ4n) is 17.6. The lowest BCUT2D eigenvalue weighted by atomic mass is 9.95. The summed E-state index contributed by atoms with van der Waals surface area (Å²) in [6.07, 6.45) is 12.6. The second kappa shape index (κ2) is 31.8. The first-order valence-electron chi connectivity index (χ1n) is 42.1. The molecule has 0 unspecified atom stereocenters. The molecular formula is C115H71N11. The van der Waals surface area contributed by atoms with Crippen molar-refractivity contribution in [2.75, 3.05) is 0 Å². The van der Waals surface area contributed by atoms with Gasteiger partial charge in [-0.05, 0) is 222 Å². The molecule has 0 saturated carbocycles. The molecule has 0 aliphatic heterocycles. The second-order valence-corrected chi connectivity index (χ2v) is 31.7. The van der Waals surface area contributed by atoms with E-state index in [1.54, 1.807) is 37.2 Å². The van der Waals surface area contributed by atoms with Crippen molar-refractivity contribution in [1.82, 2.24) is 54.8 Å². The van der Waals surface area contributed by atoms with Gasteiger partial charge in [0.15, 0.2) is 0 Å². The highest BCUT2D eigenvalue weighted by Crippen LogP contribution is 2.41. The molecule has 0 atom stereocenters.